The summed E-state index contributed by atoms with van der Waals surface area (Å²) in [7, 11) is 20.9. The number of alkyl halides is 5. The van der Waals surface area contributed by atoms with Gasteiger partial charge in [0.25, 0.3) is 0 Å². The largest absolute Gasteiger partial charge is 0.244 e. The molecular formula is C46H65F3I2P8. The van der Waals surface area contributed by atoms with E-state index in [1.165, 1.54) is 11.1 Å². The summed E-state index contributed by atoms with van der Waals surface area (Å²) in [4.78, 5) is -1.43. The van der Waals surface area contributed by atoms with Gasteiger partial charge in [0, 0.05) is 23.8 Å². The summed E-state index contributed by atoms with van der Waals surface area (Å²) in [5.74, 6) is 0. The van der Waals surface area contributed by atoms with Crippen LogP contribution in [0.25, 0.3) is 33.4 Å². The van der Waals surface area contributed by atoms with E-state index in [1.54, 1.807) is 20.8 Å². The van der Waals surface area contributed by atoms with E-state index in [1.807, 2.05) is 38.1 Å². The zero-order valence-corrected chi connectivity index (χ0v) is 49.4. The first-order valence-electron chi connectivity index (χ1n) is 19.7. The SMILES string of the molecule is CC(P)C(F)(P)C(P)(P)C(F)(P)Cc1ccc(-c2ccc(-c3ccc(-c4cc(CC(P)(I)C(C)(C)C(C)(C)F)cc(CC(P)(I)C(C)(C)C(C)(C)P)c4)cc3)cc2)cc1. The van der Waals surface area contributed by atoms with Crippen LogP contribution < -0.4 is 0 Å². The van der Waals surface area contributed by atoms with Crippen LogP contribution in [-0.4, -0.2) is 38.5 Å². The van der Waals surface area contributed by atoms with Crippen LogP contribution in [0.2, 0.25) is 0 Å². The third kappa shape index (κ3) is 11.6. The highest BCUT2D eigenvalue weighted by atomic mass is 127. The normalized spacial score (nSPS) is 18.0. The van der Waals surface area contributed by atoms with Crippen molar-refractivity contribution in [3.8, 4) is 33.4 Å². The molecule has 13 heteroatoms. The first kappa shape index (κ1) is 53.2. The van der Waals surface area contributed by atoms with Crippen LogP contribution >= 0.6 is 119 Å². The number of hydrogen-bond acceptors (Lipinski definition) is 0. The Hall–Kier alpha value is 1.57. The Balaban J connectivity index is 1.62. The number of hydrogen-bond donors (Lipinski definition) is 0. The summed E-state index contributed by atoms with van der Waals surface area (Å²) in [5.41, 5.74) is 7.36. The van der Waals surface area contributed by atoms with Crippen LogP contribution in [0, 0.1) is 10.8 Å². The Kier molecular flexibility index (Phi) is 17.2. The van der Waals surface area contributed by atoms with Gasteiger partial charge in [0.1, 0.15) is 16.5 Å². The van der Waals surface area contributed by atoms with E-state index in [0.29, 0.717) is 6.42 Å². The van der Waals surface area contributed by atoms with Crippen molar-refractivity contribution >= 4 is 119 Å². The van der Waals surface area contributed by atoms with Crippen molar-refractivity contribution in [2.45, 2.75) is 120 Å². The first-order valence-corrected chi connectivity index (χ1v) is 26.6. The second-order valence-electron chi connectivity index (χ2n) is 18.9. The van der Waals surface area contributed by atoms with E-state index in [-0.39, 0.29) is 20.2 Å². The minimum Gasteiger partial charge on any atom is -0.244 e. The molecule has 0 aliphatic carbocycles. The van der Waals surface area contributed by atoms with Gasteiger partial charge in [-0.1, -0.05) is 203 Å². The van der Waals surface area contributed by atoms with Crippen molar-refractivity contribution in [1.29, 1.82) is 0 Å². The minimum absolute atomic E-state index is 0.00467. The molecule has 4 rings (SSSR count). The lowest BCUT2D eigenvalue weighted by Crippen LogP contribution is -2.54. The Labute approximate surface area is 400 Å². The zero-order valence-electron chi connectivity index (χ0n) is 35.9. The molecule has 13 unspecified atom stereocenters. The molecule has 13 atom stereocenters. The van der Waals surface area contributed by atoms with Gasteiger partial charge in [0.15, 0.2) is 0 Å². The lowest BCUT2D eigenvalue weighted by Gasteiger charge is -2.49. The Morgan fingerprint density at radius 1 is 0.475 bits per heavy atom. The summed E-state index contributed by atoms with van der Waals surface area (Å²) >= 11 is 5.08. The number of rotatable bonds is 16. The van der Waals surface area contributed by atoms with E-state index in [4.69, 9.17) is 0 Å². The fraction of sp³-hybridized carbons (Fsp3) is 0.478. The predicted molar refractivity (Wildman–Crippen MR) is 302 cm³/mol. The van der Waals surface area contributed by atoms with Crippen molar-refractivity contribution in [3.05, 3.63) is 108 Å². The van der Waals surface area contributed by atoms with Gasteiger partial charge in [-0.05, 0) is 87.3 Å². The molecule has 0 saturated carbocycles. The molecule has 0 fully saturated rings. The molecule has 59 heavy (non-hydrogen) atoms. The van der Waals surface area contributed by atoms with E-state index in [0.717, 1.165) is 45.4 Å². The molecule has 0 radical (unpaired) electrons. The average molecular weight is 1180 g/mol. The van der Waals surface area contributed by atoms with E-state index in [2.05, 4.69) is 214 Å². The third-order valence-corrected chi connectivity index (χ3v) is 25.1. The molecule has 0 aromatic heterocycles. The number of halogens is 5. The standard InChI is InChI=1S/C46H65F3I2P8/c1-28(52)45(49,57)46(58,59)42(48,54)25-29-10-12-32(13-11-29)33-14-16-34(17-15-33)35-18-20-36(21-19-35)37-23-30(26-43(50,55)38(2,3)40(6,7)47)22-31(24-37)27-44(51,56)39(4,5)41(8,9)53/h10-24,28H,25-27,52-59H2,1-9H3. The predicted octanol–water partition coefficient (Wildman–Crippen LogP) is 15.6. The summed E-state index contributed by atoms with van der Waals surface area (Å²) in [6.07, 6.45) is 1.61. The summed E-state index contributed by atoms with van der Waals surface area (Å²) < 4.78 is 46.8. The molecule has 4 aromatic rings. The summed E-state index contributed by atoms with van der Waals surface area (Å²) in [5, 5.41) is -3.79. The second-order valence-corrected chi connectivity index (χ2v) is 33.7. The molecule has 0 bridgehead atoms. The van der Waals surface area contributed by atoms with E-state index >= 15 is 13.2 Å². The quantitative estimate of drug-likeness (QED) is 0.0596. The van der Waals surface area contributed by atoms with Crippen LogP contribution in [0.3, 0.4) is 0 Å². The highest BCUT2D eigenvalue weighted by Gasteiger charge is 2.57. The molecule has 0 spiro atoms. The lowest BCUT2D eigenvalue weighted by atomic mass is 9.73. The van der Waals surface area contributed by atoms with Gasteiger partial charge in [0.05, 0.1) is 4.90 Å². The monoisotopic (exact) mass is 1180 g/mol. The van der Waals surface area contributed by atoms with Gasteiger partial charge in [0.2, 0.25) is 0 Å². The molecular weight excluding hydrogens is 1110 g/mol. The van der Waals surface area contributed by atoms with Crippen LogP contribution in [0.15, 0.2) is 91.0 Å². The molecule has 0 heterocycles. The van der Waals surface area contributed by atoms with E-state index < -0.39 is 35.6 Å². The van der Waals surface area contributed by atoms with Gasteiger partial charge in [-0.15, -0.1) is 55.4 Å². The molecule has 0 amide bonds. The molecule has 0 aliphatic rings. The van der Waals surface area contributed by atoms with Gasteiger partial charge in [-0.3, -0.25) is 0 Å². The zero-order chi connectivity index (χ0) is 45.0. The fourth-order valence-corrected chi connectivity index (χ4v) is 13.2. The molecule has 0 saturated heterocycles. The number of benzene rings is 4. The van der Waals surface area contributed by atoms with E-state index in [9.17, 15) is 0 Å². The smallest absolute Gasteiger partial charge is 0.145 e. The first-order chi connectivity index (χ1) is 26.6. The van der Waals surface area contributed by atoms with Crippen molar-refractivity contribution < 1.29 is 13.2 Å². The van der Waals surface area contributed by atoms with Crippen LogP contribution in [-0.2, 0) is 19.3 Å². The van der Waals surface area contributed by atoms with Crippen molar-refractivity contribution in [2.24, 2.45) is 10.8 Å². The molecule has 4 aromatic carbocycles. The second kappa shape index (κ2) is 19.1. The fourth-order valence-electron chi connectivity index (χ4n) is 6.86. The third-order valence-electron chi connectivity index (χ3n) is 13.3. The maximum Gasteiger partial charge on any atom is 0.145 e. The topological polar surface area (TPSA) is 0 Å². The Morgan fingerprint density at radius 3 is 1.12 bits per heavy atom. The Morgan fingerprint density at radius 2 is 0.797 bits per heavy atom. The lowest BCUT2D eigenvalue weighted by molar-refractivity contribution is 0.0463. The van der Waals surface area contributed by atoms with Gasteiger partial charge >= 0.3 is 0 Å². The van der Waals surface area contributed by atoms with Crippen molar-refractivity contribution in [3.63, 3.8) is 0 Å². The summed E-state index contributed by atoms with van der Waals surface area (Å²) in [6.45, 7) is 18.4. The van der Waals surface area contributed by atoms with Crippen LogP contribution in [0.5, 0.6) is 0 Å². The molecule has 0 aliphatic heterocycles. The molecule has 324 valence electrons. The maximum absolute atomic E-state index is 16.1. The molecule has 0 N–H and O–H groups in total. The van der Waals surface area contributed by atoms with Gasteiger partial charge < -0.3 is 0 Å². The van der Waals surface area contributed by atoms with Gasteiger partial charge in [-0.2, -0.15) is 0 Å². The maximum atomic E-state index is 16.1. The van der Waals surface area contributed by atoms with Crippen LogP contribution in [0.1, 0.15) is 79.0 Å². The highest BCUT2D eigenvalue weighted by Crippen LogP contribution is 2.60. The highest BCUT2D eigenvalue weighted by molar-refractivity contribution is 14.1. The summed E-state index contributed by atoms with van der Waals surface area (Å²) in [6, 6.07) is 32.0. The van der Waals surface area contributed by atoms with Gasteiger partial charge in [-0.25, -0.2) is 13.2 Å². The Bertz CT molecular complexity index is 2010. The molecule has 0 nitrogen and oxygen atoms in total. The minimum atomic E-state index is -1.92. The van der Waals surface area contributed by atoms with Crippen molar-refractivity contribution in [1.82, 2.24) is 0 Å². The van der Waals surface area contributed by atoms with Crippen molar-refractivity contribution in [2.75, 3.05) is 0 Å². The average Bonchev–Trinajstić information content (AvgIpc) is 3.10. The van der Waals surface area contributed by atoms with Crippen LogP contribution in [0.4, 0.5) is 13.2 Å².